The lowest BCUT2D eigenvalue weighted by atomic mass is 10.2. The summed E-state index contributed by atoms with van der Waals surface area (Å²) in [7, 11) is 0. The van der Waals surface area contributed by atoms with E-state index >= 15 is 0 Å². The molecule has 0 saturated carbocycles. The number of anilines is 1. The van der Waals surface area contributed by atoms with Crippen LogP contribution in [0, 0.1) is 0 Å². The zero-order valence-electron chi connectivity index (χ0n) is 11.1. The Morgan fingerprint density at radius 3 is 2.21 bits per heavy atom. The van der Waals surface area contributed by atoms with Crippen molar-refractivity contribution in [1.29, 1.82) is 0 Å². The fraction of sp³-hybridized carbons (Fsp3) is 0.429. The summed E-state index contributed by atoms with van der Waals surface area (Å²) in [6.45, 7) is 2.31. The summed E-state index contributed by atoms with van der Waals surface area (Å²) in [5.74, 6) is -0.0302. The van der Waals surface area contributed by atoms with Crippen molar-refractivity contribution in [1.82, 2.24) is 0 Å². The van der Waals surface area contributed by atoms with Gasteiger partial charge in [0.1, 0.15) is 0 Å². The third kappa shape index (κ3) is 4.28. The number of hydrogen-bond donors (Lipinski definition) is 2. The van der Waals surface area contributed by atoms with E-state index in [1.807, 2.05) is 12.1 Å². The molecule has 1 heterocycles. The van der Waals surface area contributed by atoms with Crippen molar-refractivity contribution in [2.75, 3.05) is 18.0 Å². The predicted molar refractivity (Wildman–Crippen MR) is 80.5 cm³/mol. The standard InChI is InChI=1S/C14H21N5/c15-14(16)18-17-11-12-5-7-13(8-6-12)19-9-3-1-2-4-10-19/h5-8,11H,1-4,9-10H2,(H4,15,16,18). The molecule has 1 aromatic rings. The molecule has 102 valence electrons. The summed E-state index contributed by atoms with van der Waals surface area (Å²) in [5, 5.41) is 7.37. The quantitative estimate of drug-likeness (QED) is 0.492. The first-order valence-corrected chi connectivity index (χ1v) is 6.73. The van der Waals surface area contributed by atoms with Gasteiger partial charge in [-0.2, -0.15) is 5.10 Å². The van der Waals surface area contributed by atoms with Gasteiger partial charge in [-0.15, -0.1) is 5.10 Å². The predicted octanol–water partition coefficient (Wildman–Crippen LogP) is 1.67. The normalized spacial score (nSPS) is 16.3. The van der Waals surface area contributed by atoms with Gasteiger partial charge in [-0.1, -0.05) is 25.0 Å². The first-order valence-electron chi connectivity index (χ1n) is 6.73. The monoisotopic (exact) mass is 259 g/mol. The molecule has 5 nitrogen and oxygen atoms in total. The fourth-order valence-electron chi connectivity index (χ4n) is 2.26. The number of nitrogens with two attached hydrogens (primary N) is 2. The Labute approximate surface area is 114 Å². The van der Waals surface area contributed by atoms with E-state index in [4.69, 9.17) is 11.5 Å². The third-order valence-corrected chi connectivity index (χ3v) is 3.24. The lowest BCUT2D eigenvalue weighted by Gasteiger charge is -2.22. The lowest BCUT2D eigenvalue weighted by molar-refractivity contribution is 0.726. The average molecular weight is 259 g/mol. The highest BCUT2D eigenvalue weighted by molar-refractivity contribution is 5.82. The van der Waals surface area contributed by atoms with Crippen LogP contribution in [0.3, 0.4) is 0 Å². The van der Waals surface area contributed by atoms with Gasteiger partial charge in [-0.05, 0) is 30.5 Å². The number of benzene rings is 1. The minimum atomic E-state index is -0.0302. The van der Waals surface area contributed by atoms with E-state index in [0.29, 0.717) is 0 Å². The molecule has 0 aliphatic carbocycles. The van der Waals surface area contributed by atoms with Gasteiger partial charge >= 0.3 is 0 Å². The second-order valence-corrected chi connectivity index (χ2v) is 4.76. The van der Waals surface area contributed by atoms with Crippen molar-refractivity contribution in [2.45, 2.75) is 25.7 Å². The van der Waals surface area contributed by atoms with Crippen LogP contribution < -0.4 is 16.4 Å². The van der Waals surface area contributed by atoms with Crippen molar-refractivity contribution < 1.29 is 0 Å². The molecule has 0 radical (unpaired) electrons. The molecule has 4 N–H and O–H groups in total. The van der Waals surface area contributed by atoms with Gasteiger partial charge in [0.05, 0.1) is 6.21 Å². The van der Waals surface area contributed by atoms with Crippen LogP contribution in [0.25, 0.3) is 0 Å². The topological polar surface area (TPSA) is 80.0 Å². The van der Waals surface area contributed by atoms with Crippen LogP contribution in [0.5, 0.6) is 0 Å². The molecule has 0 amide bonds. The summed E-state index contributed by atoms with van der Waals surface area (Å²) >= 11 is 0. The highest BCUT2D eigenvalue weighted by Crippen LogP contribution is 2.19. The van der Waals surface area contributed by atoms with Gasteiger partial charge in [0.2, 0.25) is 5.96 Å². The SMILES string of the molecule is NC(N)=NN=Cc1ccc(N2CCCCCC2)cc1. The Morgan fingerprint density at radius 2 is 1.63 bits per heavy atom. The summed E-state index contributed by atoms with van der Waals surface area (Å²) < 4.78 is 0. The second-order valence-electron chi connectivity index (χ2n) is 4.76. The Morgan fingerprint density at radius 1 is 1.00 bits per heavy atom. The molecule has 5 heteroatoms. The maximum atomic E-state index is 5.20. The smallest absolute Gasteiger partial charge is 0.211 e. The maximum Gasteiger partial charge on any atom is 0.211 e. The maximum absolute atomic E-state index is 5.20. The molecule has 0 aromatic heterocycles. The molecule has 2 rings (SSSR count). The van der Waals surface area contributed by atoms with E-state index in [1.165, 1.54) is 31.4 Å². The summed E-state index contributed by atoms with van der Waals surface area (Å²) in [4.78, 5) is 2.45. The molecule has 0 atom stereocenters. The van der Waals surface area contributed by atoms with Crippen molar-refractivity contribution >= 4 is 17.9 Å². The molecule has 19 heavy (non-hydrogen) atoms. The highest BCUT2D eigenvalue weighted by Gasteiger charge is 2.09. The van der Waals surface area contributed by atoms with Crippen LogP contribution in [0.1, 0.15) is 31.2 Å². The molecule has 1 saturated heterocycles. The summed E-state index contributed by atoms with van der Waals surface area (Å²) in [6.07, 6.45) is 6.91. The van der Waals surface area contributed by atoms with E-state index in [1.54, 1.807) is 6.21 Å². The van der Waals surface area contributed by atoms with Crippen LogP contribution in [0.2, 0.25) is 0 Å². The zero-order valence-corrected chi connectivity index (χ0v) is 11.1. The molecule has 0 bridgehead atoms. The van der Waals surface area contributed by atoms with E-state index < -0.39 is 0 Å². The second kappa shape index (κ2) is 6.78. The zero-order chi connectivity index (χ0) is 13.5. The van der Waals surface area contributed by atoms with Crippen LogP contribution in [-0.4, -0.2) is 25.3 Å². The number of nitrogens with zero attached hydrogens (tertiary/aromatic N) is 3. The molecule has 1 aromatic carbocycles. The Bertz CT molecular complexity index is 437. The van der Waals surface area contributed by atoms with Crippen LogP contribution in [-0.2, 0) is 0 Å². The van der Waals surface area contributed by atoms with E-state index in [2.05, 4.69) is 27.2 Å². The molecular formula is C14H21N5. The Kier molecular flexibility index (Phi) is 4.78. The largest absolute Gasteiger partial charge is 0.372 e. The molecule has 1 aliphatic rings. The third-order valence-electron chi connectivity index (χ3n) is 3.24. The Hall–Kier alpha value is -2.04. The van der Waals surface area contributed by atoms with E-state index in [9.17, 15) is 0 Å². The first kappa shape index (κ1) is 13.4. The summed E-state index contributed by atoms with van der Waals surface area (Å²) in [5.41, 5.74) is 12.7. The minimum absolute atomic E-state index is 0.0302. The van der Waals surface area contributed by atoms with Gasteiger partial charge in [-0.25, -0.2) is 0 Å². The van der Waals surface area contributed by atoms with E-state index in [-0.39, 0.29) is 5.96 Å². The van der Waals surface area contributed by atoms with Gasteiger partial charge in [-0.3, -0.25) is 0 Å². The van der Waals surface area contributed by atoms with Gasteiger partial charge in [0.15, 0.2) is 0 Å². The first-order chi connectivity index (χ1) is 9.25. The van der Waals surface area contributed by atoms with Crippen LogP contribution in [0.4, 0.5) is 5.69 Å². The fourth-order valence-corrected chi connectivity index (χ4v) is 2.26. The lowest BCUT2D eigenvalue weighted by Crippen LogP contribution is -2.23. The molecule has 1 aliphatic heterocycles. The highest BCUT2D eigenvalue weighted by atomic mass is 15.3. The van der Waals surface area contributed by atoms with Crippen molar-refractivity contribution in [3.8, 4) is 0 Å². The minimum Gasteiger partial charge on any atom is -0.372 e. The Balaban J connectivity index is 2.01. The van der Waals surface area contributed by atoms with Gasteiger partial charge < -0.3 is 16.4 Å². The van der Waals surface area contributed by atoms with Crippen molar-refractivity contribution in [3.05, 3.63) is 29.8 Å². The number of hydrogen-bond acceptors (Lipinski definition) is 3. The molecule has 0 spiro atoms. The van der Waals surface area contributed by atoms with Crippen molar-refractivity contribution in [3.63, 3.8) is 0 Å². The molecule has 0 unspecified atom stereocenters. The average Bonchev–Trinajstić information content (AvgIpc) is 2.68. The molecular weight excluding hydrogens is 238 g/mol. The number of rotatable bonds is 3. The van der Waals surface area contributed by atoms with Gasteiger partial charge in [0, 0.05) is 18.8 Å². The van der Waals surface area contributed by atoms with Crippen LogP contribution in [0.15, 0.2) is 34.5 Å². The molecule has 1 fully saturated rings. The van der Waals surface area contributed by atoms with E-state index in [0.717, 1.165) is 18.7 Å². The number of guanidine groups is 1. The summed E-state index contributed by atoms with van der Waals surface area (Å²) in [6, 6.07) is 8.32. The van der Waals surface area contributed by atoms with Gasteiger partial charge in [0.25, 0.3) is 0 Å². The van der Waals surface area contributed by atoms with Crippen molar-refractivity contribution in [2.24, 2.45) is 21.7 Å². The van der Waals surface area contributed by atoms with Crippen LogP contribution >= 0.6 is 0 Å².